The van der Waals surface area contributed by atoms with Crippen molar-refractivity contribution in [2.45, 2.75) is 25.3 Å². The molecular weight excluding hydrogens is 212 g/mol. The predicted molar refractivity (Wildman–Crippen MR) is 59.9 cm³/mol. The monoisotopic (exact) mass is 228 g/mol. The topological polar surface area (TPSA) is 65.2 Å². The zero-order valence-electron chi connectivity index (χ0n) is 8.81. The molecule has 0 spiro atoms. The molecule has 1 rings (SSSR count). The van der Waals surface area contributed by atoms with Gasteiger partial charge in [0.15, 0.2) is 5.78 Å². The zero-order valence-corrected chi connectivity index (χ0v) is 9.63. The molecule has 2 N–H and O–H groups in total. The maximum atomic E-state index is 11.6. The minimum absolute atomic E-state index is 0.0790. The van der Waals surface area contributed by atoms with E-state index in [4.69, 9.17) is 10.5 Å². The average molecular weight is 228 g/mol. The van der Waals surface area contributed by atoms with Crippen molar-refractivity contribution in [1.82, 2.24) is 4.98 Å². The van der Waals surface area contributed by atoms with Crippen LogP contribution in [-0.2, 0) is 16.0 Å². The highest BCUT2D eigenvalue weighted by molar-refractivity contribution is 7.09. The van der Waals surface area contributed by atoms with Crippen LogP contribution in [0.3, 0.4) is 0 Å². The molecule has 1 aromatic rings. The van der Waals surface area contributed by atoms with E-state index in [1.165, 1.54) is 11.3 Å². The lowest BCUT2D eigenvalue weighted by atomic mass is 10.1. The van der Waals surface area contributed by atoms with Crippen molar-refractivity contribution in [2.75, 3.05) is 13.7 Å². The molecule has 1 aromatic heterocycles. The summed E-state index contributed by atoms with van der Waals surface area (Å²) in [6.45, 7) is 0.654. The van der Waals surface area contributed by atoms with Crippen LogP contribution >= 0.6 is 11.3 Å². The molecule has 0 amide bonds. The number of methoxy groups -OCH3 is 1. The molecule has 0 bridgehead atoms. The Morgan fingerprint density at radius 2 is 2.53 bits per heavy atom. The summed E-state index contributed by atoms with van der Waals surface area (Å²) in [5.41, 5.74) is 7.47. The Labute approximate surface area is 93.5 Å². The van der Waals surface area contributed by atoms with Gasteiger partial charge in [0.25, 0.3) is 0 Å². The van der Waals surface area contributed by atoms with Crippen molar-refractivity contribution in [3.63, 3.8) is 0 Å². The highest BCUT2D eigenvalue weighted by atomic mass is 32.1. The molecule has 0 saturated heterocycles. The molecule has 1 unspecified atom stereocenters. The molecule has 4 nitrogen and oxygen atoms in total. The Kier molecular flexibility index (Phi) is 5.45. The molecule has 0 saturated carbocycles. The summed E-state index contributed by atoms with van der Waals surface area (Å²) in [6, 6.07) is -0.373. The van der Waals surface area contributed by atoms with Crippen LogP contribution in [0.1, 0.15) is 17.7 Å². The number of ketones is 1. The molecule has 0 aliphatic carbocycles. The maximum Gasteiger partial charge on any atom is 0.154 e. The van der Waals surface area contributed by atoms with E-state index in [2.05, 4.69) is 4.98 Å². The number of nitrogens with two attached hydrogens (primary N) is 1. The van der Waals surface area contributed by atoms with E-state index in [-0.39, 0.29) is 11.8 Å². The maximum absolute atomic E-state index is 11.6. The number of nitrogens with zero attached hydrogens (tertiary/aromatic N) is 1. The quantitative estimate of drug-likeness (QED) is 0.707. The van der Waals surface area contributed by atoms with Gasteiger partial charge in [-0.3, -0.25) is 9.78 Å². The summed E-state index contributed by atoms with van der Waals surface area (Å²) in [6.07, 6.45) is 3.63. The van der Waals surface area contributed by atoms with Crippen molar-refractivity contribution in [2.24, 2.45) is 5.73 Å². The van der Waals surface area contributed by atoms with Crippen molar-refractivity contribution in [3.05, 3.63) is 16.6 Å². The number of aromatic nitrogens is 1. The summed E-state index contributed by atoms with van der Waals surface area (Å²) in [5.74, 6) is 0.0790. The van der Waals surface area contributed by atoms with E-state index < -0.39 is 0 Å². The van der Waals surface area contributed by atoms with Gasteiger partial charge in [0.2, 0.25) is 0 Å². The molecular formula is C10H16N2O2S. The van der Waals surface area contributed by atoms with Crippen LogP contribution in [0.15, 0.2) is 11.7 Å². The number of rotatable bonds is 7. The first-order valence-corrected chi connectivity index (χ1v) is 5.76. The summed E-state index contributed by atoms with van der Waals surface area (Å²) in [4.78, 5) is 16.5. The van der Waals surface area contributed by atoms with Crippen LogP contribution < -0.4 is 5.73 Å². The number of ether oxygens (including phenoxy) is 1. The largest absolute Gasteiger partial charge is 0.385 e. The molecule has 0 fully saturated rings. The second-order valence-electron chi connectivity index (χ2n) is 3.35. The average Bonchev–Trinajstić information content (AvgIpc) is 2.70. The minimum atomic E-state index is -0.373. The molecule has 5 heteroatoms. The molecule has 84 valence electrons. The highest BCUT2D eigenvalue weighted by Gasteiger charge is 2.14. The van der Waals surface area contributed by atoms with Gasteiger partial charge < -0.3 is 10.5 Å². The predicted octanol–water partition coefficient (Wildman–Crippen LogP) is 1.01. The summed E-state index contributed by atoms with van der Waals surface area (Å²) in [5, 5.41) is 0. The standard InChI is InChI=1S/C10H16N2O2S/c1-14-4-2-3-9(11)10(13)5-8-6-12-7-15-8/h6-7,9H,2-5,11H2,1H3. The zero-order chi connectivity index (χ0) is 11.1. The first-order chi connectivity index (χ1) is 7.24. The lowest BCUT2D eigenvalue weighted by Crippen LogP contribution is -2.31. The second kappa shape index (κ2) is 6.66. The molecule has 1 heterocycles. The van der Waals surface area contributed by atoms with Gasteiger partial charge in [-0.1, -0.05) is 0 Å². The Morgan fingerprint density at radius 1 is 1.73 bits per heavy atom. The van der Waals surface area contributed by atoms with Gasteiger partial charge in [-0.15, -0.1) is 11.3 Å². The fourth-order valence-corrected chi connectivity index (χ4v) is 1.85. The van der Waals surface area contributed by atoms with E-state index >= 15 is 0 Å². The Hall–Kier alpha value is -0.780. The van der Waals surface area contributed by atoms with E-state index in [0.29, 0.717) is 19.4 Å². The SMILES string of the molecule is COCCCC(N)C(=O)Cc1cncs1. The fraction of sp³-hybridized carbons (Fsp3) is 0.600. The Balaban J connectivity index is 2.27. The first kappa shape index (κ1) is 12.3. The summed E-state index contributed by atoms with van der Waals surface area (Å²) in [7, 11) is 1.64. The molecule has 1 atom stereocenters. The molecule has 0 aliphatic heterocycles. The lowest BCUT2D eigenvalue weighted by molar-refractivity contribution is -0.119. The van der Waals surface area contributed by atoms with E-state index in [1.807, 2.05) is 0 Å². The number of thiazole rings is 1. The van der Waals surface area contributed by atoms with Crippen LogP contribution in [0, 0.1) is 0 Å². The third-order valence-corrected chi connectivity index (χ3v) is 2.89. The Bertz CT molecular complexity index is 288. The van der Waals surface area contributed by atoms with E-state index in [0.717, 1.165) is 11.3 Å². The van der Waals surface area contributed by atoms with Gasteiger partial charge in [0, 0.05) is 31.2 Å². The minimum Gasteiger partial charge on any atom is -0.385 e. The van der Waals surface area contributed by atoms with Crippen LogP contribution in [0.25, 0.3) is 0 Å². The fourth-order valence-electron chi connectivity index (χ4n) is 1.24. The van der Waals surface area contributed by atoms with E-state index in [1.54, 1.807) is 18.8 Å². The molecule has 0 radical (unpaired) electrons. The van der Waals surface area contributed by atoms with Gasteiger partial charge in [0.1, 0.15) is 0 Å². The van der Waals surface area contributed by atoms with Crippen LogP contribution in [0.2, 0.25) is 0 Å². The number of Topliss-reactive ketones (excluding diaryl/α,β-unsaturated/α-hetero) is 1. The number of hydrogen-bond donors (Lipinski definition) is 1. The third kappa shape index (κ3) is 4.51. The number of hydrogen-bond acceptors (Lipinski definition) is 5. The van der Waals surface area contributed by atoms with Crippen LogP contribution in [0.5, 0.6) is 0 Å². The van der Waals surface area contributed by atoms with Crippen molar-refractivity contribution >= 4 is 17.1 Å². The van der Waals surface area contributed by atoms with Gasteiger partial charge >= 0.3 is 0 Å². The summed E-state index contributed by atoms with van der Waals surface area (Å²) >= 11 is 1.48. The van der Waals surface area contributed by atoms with Gasteiger partial charge in [-0.2, -0.15) is 0 Å². The second-order valence-corrected chi connectivity index (χ2v) is 4.32. The third-order valence-electron chi connectivity index (χ3n) is 2.11. The number of carbonyl (C=O) groups is 1. The first-order valence-electron chi connectivity index (χ1n) is 4.88. The smallest absolute Gasteiger partial charge is 0.154 e. The number of carbonyl (C=O) groups excluding carboxylic acids is 1. The van der Waals surface area contributed by atoms with Crippen molar-refractivity contribution in [1.29, 1.82) is 0 Å². The van der Waals surface area contributed by atoms with Crippen LogP contribution in [-0.4, -0.2) is 30.5 Å². The summed E-state index contributed by atoms with van der Waals surface area (Å²) < 4.78 is 4.90. The molecule has 0 aromatic carbocycles. The van der Waals surface area contributed by atoms with Crippen molar-refractivity contribution < 1.29 is 9.53 Å². The molecule has 15 heavy (non-hydrogen) atoms. The van der Waals surface area contributed by atoms with Crippen molar-refractivity contribution in [3.8, 4) is 0 Å². The van der Waals surface area contributed by atoms with Gasteiger partial charge in [-0.05, 0) is 12.8 Å². The van der Waals surface area contributed by atoms with Gasteiger partial charge in [0.05, 0.1) is 11.6 Å². The highest BCUT2D eigenvalue weighted by Crippen LogP contribution is 2.08. The normalized spacial score (nSPS) is 12.7. The Morgan fingerprint density at radius 3 is 3.13 bits per heavy atom. The molecule has 0 aliphatic rings. The lowest BCUT2D eigenvalue weighted by Gasteiger charge is -2.08. The van der Waals surface area contributed by atoms with Gasteiger partial charge in [-0.25, -0.2) is 0 Å². The van der Waals surface area contributed by atoms with E-state index in [9.17, 15) is 4.79 Å². The van der Waals surface area contributed by atoms with Crippen LogP contribution in [0.4, 0.5) is 0 Å².